The summed E-state index contributed by atoms with van der Waals surface area (Å²) in [5.41, 5.74) is 7.04. The molecule has 2 aliphatic rings. The third-order valence-corrected chi connectivity index (χ3v) is 8.40. The van der Waals surface area contributed by atoms with Crippen LogP contribution in [0.3, 0.4) is 0 Å². The smallest absolute Gasteiger partial charge is 0.271 e. The van der Waals surface area contributed by atoms with Crippen LogP contribution >= 0.6 is 11.6 Å². The van der Waals surface area contributed by atoms with Crippen molar-refractivity contribution in [3.63, 3.8) is 0 Å². The third kappa shape index (κ3) is 5.91. The summed E-state index contributed by atoms with van der Waals surface area (Å²) in [5, 5.41) is 3.15. The topological polar surface area (TPSA) is 125 Å². The summed E-state index contributed by atoms with van der Waals surface area (Å²) in [6.45, 7) is 7.75. The van der Waals surface area contributed by atoms with Gasteiger partial charge in [0.25, 0.3) is 5.91 Å². The van der Waals surface area contributed by atoms with Crippen molar-refractivity contribution >= 4 is 44.5 Å². The lowest BCUT2D eigenvalue weighted by Crippen LogP contribution is -2.52. The molecule has 4 rings (SSSR count). The van der Waals surface area contributed by atoms with E-state index in [1.165, 1.54) is 6.26 Å². The largest absolute Gasteiger partial charge is 0.370 e. The molecule has 0 atom stereocenters. The highest BCUT2D eigenvalue weighted by Crippen LogP contribution is 2.33. The van der Waals surface area contributed by atoms with Crippen LogP contribution in [-0.4, -0.2) is 92.7 Å². The number of nitrogens with zero attached hydrogens (tertiary/aromatic N) is 5. The fraction of sp³-hybridized carbons (Fsp3) is 0.542. The molecule has 10 nitrogen and oxygen atoms in total. The van der Waals surface area contributed by atoms with Gasteiger partial charge in [0.05, 0.1) is 16.3 Å². The molecule has 196 valence electrons. The molecule has 0 saturated carbocycles. The second kappa shape index (κ2) is 10.9. The number of aromatic nitrogens is 2. The number of anilines is 3. The second-order valence-corrected chi connectivity index (χ2v) is 11.9. The van der Waals surface area contributed by atoms with Crippen LogP contribution in [0.5, 0.6) is 0 Å². The monoisotopic (exact) mass is 535 g/mol. The SMILES string of the molecule is CCc1nc(C(N)=O)c(Nc2ccc(N3CCC(N4CCN(C)CC4)CC3)c(S(C)(=O)=O)c2)nc1Cl. The quantitative estimate of drug-likeness (QED) is 0.548. The summed E-state index contributed by atoms with van der Waals surface area (Å²) in [6, 6.07) is 5.66. The number of nitrogens with two attached hydrogens (primary N) is 1. The van der Waals surface area contributed by atoms with Crippen LogP contribution in [0.25, 0.3) is 0 Å². The molecule has 1 aromatic carbocycles. The normalized spacial score (nSPS) is 18.4. The number of amides is 1. The van der Waals surface area contributed by atoms with E-state index in [0.29, 0.717) is 29.5 Å². The Balaban J connectivity index is 1.56. The van der Waals surface area contributed by atoms with Crippen molar-refractivity contribution in [1.82, 2.24) is 19.8 Å². The lowest BCUT2D eigenvalue weighted by Gasteiger charge is -2.42. The number of carbonyl (C=O) groups is 1. The number of carbonyl (C=O) groups excluding carboxylic acids is 1. The van der Waals surface area contributed by atoms with Crippen molar-refractivity contribution in [3.05, 3.63) is 34.7 Å². The van der Waals surface area contributed by atoms with E-state index in [2.05, 4.69) is 37.0 Å². The van der Waals surface area contributed by atoms with Gasteiger partial charge in [-0.3, -0.25) is 9.69 Å². The summed E-state index contributed by atoms with van der Waals surface area (Å²) >= 11 is 6.20. The van der Waals surface area contributed by atoms with Gasteiger partial charge >= 0.3 is 0 Å². The van der Waals surface area contributed by atoms with Gasteiger partial charge < -0.3 is 20.9 Å². The number of aryl methyl sites for hydroxylation is 1. The average molecular weight is 536 g/mol. The molecule has 3 N–H and O–H groups in total. The Morgan fingerprint density at radius 1 is 1.14 bits per heavy atom. The van der Waals surface area contributed by atoms with Gasteiger partial charge in [0, 0.05) is 57.3 Å². The number of rotatable bonds is 7. The highest BCUT2D eigenvalue weighted by molar-refractivity contribution is 7.90. The molecule has 36 heavy (non-hydrogen) atoms. The van der Waals surface area contributed by atoms with Crippen molar-refractivity contribution in [2.24, 2.45) is 5.73 Å². The van der Waals surface area contributed by atoms with Gasteiger partial charge in [0.1, 0.15) is 0 Å². The van der Waals surface area contributed by atoms with E-state index in [1.807, 2.05) is 6.92 Å². The zero-order chi connectivity index (χ0) is 26.0. The van der Waals surface area contributed by atoms with E-state index in [-0.39, 0.29) is 21.6 Å². The molecule has 2 aliphatic heterocycles. The summed E-state index contributed by atoms with van der Waals surface area (Å²) in [7, 11) is -1.38. The molecule has 3 heterocycles. The molecular weight excluding hydrogens is 502 g/mol. The van der Waals surface area contributed by atoms with Crippen LogP contribution in [0.15, 0.2) is 23.1 Å². The van der Waals surface area contributed by atoms with Crippen molar-refractivity contribution in [3.8, 4) is 0 Å². The highest BCUT2D eigenvalue weighted by atomic mass is 35.5. The maximum absolute atomic E-state index is 12.8. The minimum absolute atomic E-state index is 0.0489. The summed E-state index contributed by atoms with van der Waals surface area (Å²) in [5.74, 6) is -0.663. The van der Waals surface area contributed by atoms with Gasteiger partial charge in [0.2, 0.25) is 0 Å². The molecule has 0 aliphatic carbocycles. The number of primary amides is 1. The van der Waals surface area contributed by atoms with Gasteiger partial charge in [-0.25, -0.2) is 18.4 Å². The molecule has 0 radical (unpaired) electrons. The number of likely N-dealkylation sites (N-methyl/N-ethyl adjacent to an activating group) is 1. The van der Waals surface area contributed by atoms with Crippen molar-refractivity contribution in [2.75, 3.05) is 62.8 Å². The van der Waals surface area contributed by atoms with Crippen molar-refractivity contribution < 1.29 is 13.2 Å². The summed E-state index contributed by atoms with van der Waals surface area (Å²) in [4.78, 5) is 27.7. The van der Waals surface area contributed by atoms with Crippen LogP contribution in [0.2, 0.25) is 5.15 Å². The first-order chi connectivity index (χ1) is 17.1. The number of halogens is 1. The molecule has 0 spiro atoms. The number of piperazine rings is 1. The van der Waals surface area contributed by atoms with Gasteiger partial charge in [-0.1, -0.05) is 18.5 Å². The molecule has 1 aromatic heterocycles. The molecule has 2 saturated heterocycles. The molecular formula is C24H34ClN7O3S. The number of hydrogen-bond acceptors (Lipinski definition) is 9. The Kier molecular flexibility index (Phi) is 8.03. The number of piperidine rings is 1. The van der Waals surface area contributed by atoms with Crippen LogP contribution in [0, 0.1) is 0 Å². The molecule has 2 aromatic rings. The maximum Gasteiger partial charge on any atom is 0.271 e. The van der Waals surface area contributed by atoms with Crippen LogP contribution in [-0.2, 0) is 16.3 Å². The maximum atomic E-state index is 12.8. The molecule has 2 fully saturated rings. The lowest BCUT2D eigenvalue weighted by atomic mass is 10.0. The molecule has 0 unspecified atom stereocenters. The summed E-state index contributed by atoms with van der Waals surface area (Å²) in [6.07, 6.45) is 3.68. The number of hydrogen-bond donors (Lipinski definition) is 2. The lowest BCUT2D eigenvalue weighted by molar-refractivity contribution is 0.0981. The Bertz CT molecular complexity index is 1220. The van der Waals surface area contributed by atoms with E-state index in [9.17, 15) is 13.2 Å². The zero-order valence-electron chi connectivity index (χ0n) is 21.0. The molecule has 0 bridgehead atoms. The first-order valence-corrected chi connectivity index (χ1v) is 14.5. The molecule has 1 amide bonds. The predicted molar refractivity (Wildman–Crippen MR) is 142 cm³/mol. The summed E-state index contributed by atoms with van der Waals surface area (Å²) < 4.78 is 25.5. The van der Waals surface area contributed by atoms with Crippen LogP contribution in [0.4, 0.5) is 17.2 Å². The number of benzene rings is 1. The highest BCUT2D eigenvalue weighted by Gasteiger charge is 2.29. The first kappa shape index (κ1) is 26.6. The Labute approximate surface area is 217 Å². The fourth-order valence-electron chi connectivity index (χ4n) is 4.88. The standard InChI is InChI=1S/C24H34ClN7O3S/c1-4-18-22(25)29-24(21(28-18)23(26)33)27-16-5-6-19(20(15-16)36(3,34)35)32-9-7-17(8-10-32)31-13-11-30(2)12-14-31/h5-6,15,17H,4,7-14H2,1-3H3,(H2,26,33)(H,27,29). The predicted octanol–water partition coefficient (Wildman–Crippen LogP) is 2.15. The minimum Gasteiger partial charge on any atom is -0.370 e. The van der Waals surface area contributed by atoms with E-state index in [4.69, 9.17) is 17.3 Å². The Morgan fingerprint density at radius 2 is 1.81 bits per heavy atom. The zero-order valence-corrected chi connectivity index (χ0v) is 22.6. The van der Waals surface area contributed by atoms with E-state index in [0.717, 1.165) is 52.1 Å². The van der Waals surface area contributed by atoms with Gasteiger partial charge in [-0.2, -0.15) is 0 Å². The number of sulfone groups is 1. The second-order valence-electron chi connectivity index (χ2n) is 9.51. The van der Waals surface area contributed by atoms with Gasteiger partial charge in [-0.15, -0.1) is 0 Å². The third-order valence-electron chi connectivity index (χ3n) is 6.97. The van der Waals surface area contributed by atoms with Gasteiger partial charge in [-0.05, 0) is 44.5 Å². The minimum atomic E-state index is -3.53. The fourth-order valence-corrected chi connectivity index (χ4v) is 6.06. The Morgan fingerprint density at radius 3 is 2.39 bits per heavy atom. The average Bonchev–Trinajstić information content (AvgIpc) is 2.84. The van der Waals surface area contributed by atoms with Crippen LogP contribution < -0.4 is 16.0 Å². The first-order valence-electron chi connectivity index (χ1n) is 12.2. The van der Waals surface area contributed by atoms with Crippen LogP contribution in [0.1, 0.15) is 35.9 Å². The van der Waals surface area contributed by atoms with E-state index < -0.39 is 15.7 Å². The van der Waals surface area contributed by atoms with E-state index >= 15 is 0 Å². The van der Waals surface area contributed by atoms with Gasteiger partial charge in [0.15, 0.2) is 26.5 Å². The van der Waals surface area contributed by atoms with E-state index in [1.54, 1.807) is 18.2 Å². The Hall–Kier alpha value is -2.47. The van der Waals surface area contributed by atoms with Crippen molar-refractivity contribution in [1.29, 1.82) is 0 Å². The van der Waals surface area contributed by atoms with Crippen molar-refractivity contribution in [2.45, 2.75) is 37.1 Å². The molecule has 12 heteroatoms. The number of nitrogens with one attached hydrogen (secondary N) is 1.